The van der Waals surface area contributed by atoms with Crippen molar-refractivity contribution in [3.8, 4) is 17.2 Å². The molecular formula is C21H14BrClN2O3. The number of hydrogen-bond acceptors (Lipinski definition) is 4. The number of halogens is 2. The standard InChI is InChI=1S/C21H14BrClN2O3/c1-27-18-8-6-12(10-15(18)22)20(26)24-13-7-9-19-17(11-13)25-21(28-19)14-4-2-3-5-16(14)23/h2-11H,1H3,(H,24,26). The van der Waals surface area contributed by atoms with E-state index in [-0.39, 0.29) is 5.91 Å². The Bertz CT molecular complexity index is 1190. The van der Waals surface area contributed by atoms with Crippen molar-refractivity contribution in [3.05, 3.63) is 75.7 Å². The Morgan fingerprint density at radius 3 is 2.71 bits per heavy atom. The van der Waals surface area contributed by atoms with Crippen LogP contribution in [0.3, 0.4) is 0 Å². The van der Waals surface area contributed by atoms with Gasteiger partial charge in [-0.05, 0) is 64.5 Å². The highest BCUT2D eigenvalue weighted by atomic mass is 79.9. The van der Waals surface area contributed by atoms with Crippen LogP contribution in [0.5, 0.6) is 5.75 Å². The van der Waals surface area contributed by atoms with Crippen molar-refractivity contribution >= 4 is 50.2 Å². The molecule has 0 saturated heterocycles. The molecule has 3 aromatic carbocycles. The van der Waals surface area contributed by atoms with Crippen LogP contribution in [0.4, 0.5) is 5.69 Å². The number of nitrogens with one attached hydrogen (secondary N) is 1. The molecule has 4 rings (SSSR count). The van der Waals surface area contributed by atoms with Crippen LogP contribution in [-0.4, -0.2) is 18.0 Å². The highest BCUT2D eigenvalue weighted by molar-refractivity contribution is 9.10. The molecule has 5 nitrogen and oxygen atoms in total. The Hall–Kier alpha value is -2.83. The third-order valence-corrected chi connectivity index (χ3v) is 5.11. The first-order valence-electron chi connectivity index (χ1n) is 8.35. The Labute approximate surface area is 174 Å². The second kappa shape index (κ2) is 7.66. The van der Waals surface area contributed by atoms with E-state index in [0.717, 1.165) is 0 Å². The summed E-state index contributed by atoms with van der Waals surface area (Å²) in [5, 5.41) is 3.43. The number of amides is 1. The Morgan fingerprint density at radius 2 is 1.96 bits per heavy atom. The fourth-order valence-electron chi connectivity index (χ4n) is 2.77. The lowest BCUT2D eigenvalue weighted by Crippen LogP contribution is -2.11. The van der Waals surface area contributed by atoms with Crippen LogP contribution in [0.15, 0.2) is 69.6 Å². The van der Waals surface area contributed by atoms with Gasteiger partial charge in [-0.3, -0.25) is 4.79 Å². The summed E-state index contributed by atoms with van der Waals surface area (Å²) in [7, 11) is 1.57. The average Bonchev–Trinajstić information content (AvgIpc) is 3.11. The number of aromatic nitrogens is 1. The van der Waals surface area contributed by atoms with Crippen LogP contribution < -0.4 is 10.1 Å². The molecule has 0 aliphatic heterocycles. The van der Waals surface area contributed by atoms with E-state index in [0.29, 0.717) is 49.0 Å². The predicted molar refractivity (Wildman–Crippen MR) is 113 cm³/mol. The fourth-order valence-corrected chi connectivity index (χ4v) is 3.52. The van der Waals surface area contributed by atoms with E-state index in [9.17, 15) is 4.79 Å². The van der Waals surface area contributed by atoms with Gasteiger partial charge >= 0.3 is 0 Å². The molecule has 0 fully saturated rings. The first-order valence-corrected chi connectivity index (χ1v) is 9.52. The third-order valence-electron chi connectivity index (χ3n) is 4.16. The van der Waals surface area contributed by atoms with Crippen LogP contribution >= 0.6 is 27.5 Å². The molecule has 0 radical (unpaired) electrons. The van der Waals surface area contributed by atoms with E-state index in [4.69, 9.17) is 20.8 Å². The number of carbonyl (C=O) groups excluding carboxylic acids is 1. The lowest BCUT2D eigenvalue weighted by Gasteiger charge is -2.07. The third kappa shape index (κ3) is 3.61. The minimum absolute atomic E-state index is 0.238. The zero-order valence-corrected chi connectivity index (χ0v) is 17.0. The quantitative estimate of drug-likeness (QED) is 0.398. The molecule has 0 atom stereocenters. The summed E-state index contributed by atoms with van der Waals surface area (Å²) >= 11 is 9.61. The van der Waals surface area contributed by atoms with Gasteiger partial charge in [-0.15, -0.1) is 0 Å². The second-order valence-corrected chi connectivity index (χ2v) is 7.25. The van der Waals surface area contributed by atoms with Gasteiger partial charge < -0.3 is 14.5 Å². The Balaban J connectivity index is 1.60. The van der Waals surface area contributed by atoms with Crippen LogP contribution in [0, 0.1) is 0 Å². The van der Waals surface area contributed by atoms with Gasteiger partial charge in [0.1, 0.15) is 11.3 Å². The molecule has 0 unspecified atom stereocenters. The van der Waals surface area contributed by atoms with Crippen molar-refractivity contribution in [3.63, 3.8) is 0 Å². The van der Waals surface area contributed by atoms with Gasteiger partial charge in [-0.2, -0.15) is 0 Å². The van der Waals surface area contributed by atoms with E-state index in [1.54, 1.807) is 49.6 Å². The number of benzene rings is 3. The van der Waals surface area contributed by atoms with Crippen molar-refractivity contribution in [1.82, 2.24) is 4.98 Å². The number of fused-ring (bicyclic) bond motifs is 1. The van der Waals surface area contributed by atoms with Crippen molar-refractivity contribution in [2.45, 2.75) is 0 Å². The van der Waals surface area contributed by atoms with E-state index in [1.807, 2.05) is 18.2 Å². The zero-order chi connectivity index (χ0) is 19.7. The van der Waals surface area contributed by atoms with Gasteiger partial charge in [0, 0.05) is 11.3 Å². The van der Waals surface area contributed by atoms with E-state index < -0.39 is 0 Å². The number of hydrogen-bond donors (Lipinski definition) is 1. The molecule has 7 heteroatoms. The molecular weight excluding hydrogens is 444 g/mol. The van der Waals surface area contributed by atoms with E-state index in [1.165, 1.54) is 0 Å². The lowest BCUT2D eigenvalue weighted by molar-refractivity contribution is 0.102. The number of carbonyl (C=O) groups is 1. The molecule has 0 saturated carbocycles. The lowest BCUT2D eigenvalue weighted by atomic mass is 10.2. The molecule has 1 N–H and O–H groups in total. The van der Waals surface area contributed by atoms with Gasteiger partial charge in [0.05, 0.1) is 22.2 Å². The van der Waals surface area contributed by atoms with Gasteiger partial charge in [-0.1, -0.05) is 23.7 Å². The summed E-state index contributed by atoms with van der Waals surface area (Å²) in [6, 6.07) is 17.8. The summed E-state index contributed by atoms with van der Waals surface area (Å²) in [6.07, 6.45) is 0. The highest BCUT2D eigenvalue weighted by Crippen LogP contribution is 2.31. The SMILES string of the molecule is COc1ccc(C(=O)Nc2ccc3oc(-c4ccccc4Cl)nc3c2)cc1Br. The first-order chi connectivity index (χ1) is 13.5. The number of anilines is 1. The predicted octanol–water partition coefficient (Wildman–Crippen LogP) is 6.17. The summed E-state index contributed by atoms with van der Waals surface area (Å²) in [5.74, 6) is 0.855. The fraction of sp³-hybridized carbons (Fsp3) is 0.0476. The van der Waals surface area contributed by atoms with Crippen molar-refractivity contribution in [2.24, 2.45) is 0 Å². The Morgan fingerprint density at radius 1 is 1.14 bits per heavy atom. The molecule has 0 aliphatic carbocycles. The normalized spacial score (nSPS) is 10.8. The molecule has 0 aliphatic rings. The molecule has 1 amide bonds. The van der Waals surface area contributed by atoms with E-state index in [2.05, 4.69) is 26.2 Å². The van der Waals surface area contributed by atoms with Crippen molar-refractivity contribution in [1.29, 1.82) is 0 Å². The van der Waals surface area contributed by atoms with Gasteiger partial charge in [0.2, 0.25) is 5.89 Å². The zero-order valence-electron chi connectivity index (χ0n) is 14.7. The van der Waals surface area contributed by atoms with Gasteiger partial charge in [0.25, 0.3) is 5.91 Å². The number of methoxy groups -OCH3 is 1. The molecule has 140 valence electrons. The maximum Gasteiger partial charge on any atom is 0.255 e. The Kier molecular flexibility index (Phi) is 5.07. The van der Waals surface area contributed by atoms with Crippen LogP contribution in [0.2, 0.25) is 5.02 Å². The average molecular weight is 458 g/mol. The van der Waals surface area contributed by atoms with Crippen molar-refractivity contribution in [2.75, 3.05) is 12.4 Å². The molecule has 4 aromatic rings. The topological polar surface area (TPSA) is 64.4 Å². The smallest absolute Gasteiger partial charge is 0.255 e. The number of ether oxygens (including phenoxy) is 1. The summed E-state index contributed by atoms with van der Waals surface area (Å²) in [5.41, 5.74) is 3.07. The van der Waals surface area contributed by atoms with Crippen LogP contribution in [-0.2, 0) is 0 Å². The summed E-state index contributed by atoms with van der Waals surface area (Å²) in [4.78, 5) is 17.0. The second-order valence-electron chi connectivity index (χ2n) is 5.98. The van der Waals surface area contributed by atoms with Crippen LogP contribution in [0.1, 0.15) is 10.4 Å². The maximum absolute atomic E-state index is 12.5. The molecule has 0 spiro atoms. The van der Waals surface area contributed by atoms with E-state index >= 15 is 0 Å². The highest BCUT2D eigenvalue weighted by Gasteiger charge is 2.13. The number of nitrogens with zero attached hydrogens (tertiary/aromatic N) is 1. The largest absolute Gasteiger partial charge is 0.496 e. The molecule has 0 bridgehead atoms. The minimum Gasteiger partial charge on any atom is -0.496 e. The molecule has 28 heavy (non-hydrogen) atoms. The first kappa shape index (κ1) is 18.5. The van der Waals surface area contributed by atoms with Gasteiger partial charge in [0.15, 0.2) is 5.58 Å². The number of rotatable bonds is 4. The van der Waals surface area contributed by atoms with Crippen molar-refractivity contribution < 1.29 is 13.9 Å². The van der Waals surface area contributed by atoms with Gasteiger partial charge in [-0.25, -0.2) is 4.98 Å². The monoisotopic (exact) mass is 456 g/mol. The molecule has 1 heterocycles. The summed E-state index contributed by atoms with van der Waals surface area (Å²) in [6.45, 7) is 0. The molecule has 1 aromatic heterocycles. The maximum atomic E-state index is 12.5. The minimum atomic E-state index is -0.238. The number of oxazole rings is 1. The van der Waals surface area contributed by atoms with Crippen LogP contribution in [0.25, 0.3) is 22.6 Å². The summed E-state index contributed by atoms with van der Waals surface area (Å²) < 4.78 is 11.7.